The minimum absolute atomic E-state index is 0.152. The van der Waals surface area contributed by atoms with Gasteiger partial charge in [-0.05, 0) is 35.0 Å². The Morgan fingerprint density at radius 3 is 2.41 bits per heavy atom. The summed E-state index contributed by atoms with van der Waals surface area (Å²) in [6.07, 6.45) is 0. The van der Waals surface area contributed by atoms with Crippen LogP contribution in [0.3, 0.4) is 0 Å². The van der Waals surface area contributed by atoms with E-state index in [9.17, 15) is 9.59 Å². The fourth-order valence-electron chi connectivity index (χ4n) is 3.85. The van der Waals surface area contributed by atoms with Crippen LogP contribution in [0.2, 0.25) is 0 Å². The third kappa shape index (κ3) is 1.91. The van der Waals surface area contributed by atoms with E-state index in [-0.39, 0.29) is 6.79 Å². The number of hydrogen-bond donors (Lipinski definition) is 0. The number of methoxy groups -OCH3 is 2. The molecule has 0 saturated heterocycles. The Labute approximate surface area is 154 Å². The molecule has 0 spiro atoms. The molecule has 2 aliphatic heterocycles. The van der Waals surface area contributed by atoms with E-state index in [0.717, 1.165) is 10.8 Å². The van der Waals surface area contributed by atoms with Gasteiger partial charge in [-0.15, -0.1) is 0 Å². The molecule has 0 N–H and O–H groups in total. The van der Waals surface area contributed by atoms with Crippen molar-refractivity contribution < 1.29 is 28.5 Å². The van der Waals surface area contributed by atoms with Gasteiger partial charge in [0.15, 0.2) is 23.0 Å². The maximum atomic E-state index is 12.7. The minimum Gasteiger partial charge on any atom is -0.493 e. The van der Waals surface area contributed by atoms with Crippen LogP contribution in [-0.4, -0.2) is 39.8 Å². The molecule has 3 aromatic rings. The molecule has 3 aromatic carbocycles. The molecular formula is C20H15NO6. The smallest absolute Gasteiger partial charge is 0.299 e. The first-order valence-electron chi connectivity index (χ1n) is 8.32. The van der Waals surface area contributed by atoms with Gasteiger partial charge in [-0.25, -0.2) is 0 Å². The molecule has 1 amide bonds. The Morgan fingerprint density at radius 1 is 0.963 bits per heavy atom. The number of rotatable bonds is 2. The number of carbonyl (C=O) groups is 2. The zero-order valence-corrected chi connectivity index (χ0v) is 14.9. The third-order valence-electron chi connectivity index (χ3n) is 5.14. The van der Waals surface area contributed by atoms with E-state index in [2.05, 4.69) is 0 Å². The molecule has 0 unspecified atom stereocenters. The summed E-state index contributed by atoms with van der Waals surface area (Å²) in [5.41, 5.74) is 0.942. The number of hydrogen-bond acceptors (Lipinski definition) is 6. The first kappa shape index (κ1) is 15.7. The first-order chi connectivity index (χ1) is 13.0. The predicted octanol–water partition coefficient (Wildman–Crippen LogP) is 2.90. The van der Waals surface area contributed by atoms with Gasteiger partial charge in [0.2, 0.25) is 6.79 Å². The maximum Gasteiger partial charge on any atom is 0.299 e. The minimum atomic E-state index is -0.587. The fourth-order valence-corrected chi connectivity index (χ4v) is 3.85. The van der Waals surface area contributed by atoms with Crippen molar-refractivity contribution in [1.29, 1.82) is 0 Å². The fraction of sp³-hybridized carbons (Fsp3) is 0.200. The molecule has 0 aliphatic carbocycles. The number of ketones is 1. The average molecular weight is 365 g/mol. The highest BCUT2D eigenvalue weighted by atomic mass is 16.7. The highest BCUT2D eigenvalue weighted by Crippen LogP contribution is 2.49. The van der Waals surface area contributed by atoms with Crippen molar-refractivity contribution in [1.82, 2.24) is 0 Å². The van der Waals surface area contributed by atoms with E-state index >= 15 is 0 Å². The molecule has 2 aliphatic rings. The van der Waals surface area contributed by atoms with Gasteiger partial charge in [-0.1, -0.05) is 0 Å². The Kier molecular flexibility index (Phi) is 3.07. The van der Waals surface area contributed by atoms with Crippen LogP contribution in [0.25, 0.3) is 21.5 Å². The number of anilines is 1. The summed E-state index contributed by atoms with van der Waals surface area (Å²) in [5, 5.41) is 3.02. The van der Waals surface area contributed by atoms with Crippen molar-refractivity contribution >= 4 is 38.9 Å². The summed E-state index contributed by atoms with van der Waals surface area (Å²) in [7, 11) is 4.64. The number of benzene rings is 3. The summed E-state index contributed by atoms with van der Waals surface area (Å²) in [6, 6.07) is 7.17. The van der Waals surface area contributed by atoms with Crippen LogP contribution in [0.15, 0.2) is 24.3 Å². The Hall–Kier alpha value is -3.48. The summed E-state index contributed by atoms with van der Waals surface area (Å²) < 4.78 is 22.1. The van der Waals surface area contributed by atoms with E-state index in [1.807, 2.05) is 18.2 Å². The largest absolute Gasteiger partial charge is 0.493 e. The molecule has 136 valence electrons. The molecule has 0 aromatic heterocycles. The normalized spacial score (nSPS) is 15.0. The van der Waals surface area contributed by atoms with Crippen LogP contribution < -0.4 is 23.8 Å². The quantitative estimate of drug-likeness (QED) is 0.514. The second-order valence-corrected chi connectivity index (χ2v) is 6.43. The third-order valence-corrected chi connectivity index (χ3v) is 5.14. The summed E-state index contributed by atoms with van der Waals surface area (Å²) in [5.74, 6) is 0.985. The lowest BCUT2D eigenvalue weighted by Gasteiger charge is -2.27. The van der Waals surface area contributed by atoms with Crippen molar-refractivity contribution in [2.24, 2.45) is 0 Å². The number of Topliss-reactive ketones (excluding diaryl/α,β-unsaturated/α-hetero) is 1. The van der Waals surface area contributed by atoms with E-state index in [4.69, 9.17) is 18.9 Å². The van der Waals surface area contributed by atoms with Gasteiger partial charge < -0.3 is 23.8 Å². The number of carbonyl (C=O) groups excluding carboxylic acids is 2. The molecule has 0 bridgehead atoms. The van der Waals surface area contributed by atoms with Crippen LogP contribution in [0.4, 0.5) is 5.69 Å². The SMILES string of the molecule is COc1cc2c3c(cc4cc5c(cc4c3c1OC)OCO5)N(C)C(=O)C2=O. The second-order valence-electron chi connectivity index (χ2n) is 6.43. The number of fused-ring (bicyclic) bond motifs is 3. The van der Waals surface area contributed by atoms with E-state index in [1.54, 1.807) is 20.2 Å². The lowest BCUT2D eigenvalue weighted by atomic mass is 9.90. The standard InChI is InChI=1S/C20H15NO6/c1-21-12-4-9-5-13-14(27-8-26-13)6-10(9)17-16(12)11(18(22)20(21)23)7-15(24-2)19(17)25-3/h4-7H,8H2,1-3H3. The van der Waals surface area contributed by atoms with Crippen molar-refractivity contribution in [2.45, 2.75) is 0 Å². The number of likely N-dealkylation sites (N-methyl/N-ethyl adjacent to an activating group) is 1. The number of amides is 1. The van der Waals surface area contributed by atoms with Gasteiger partial charge in [-0.3, -0.25) is 9.59 Å². The van der Waals surface area contributed by atoms with Gasteiger partial charge in [-0.2, -0.15) is 0 Å². The Bertz CT molecular complexity index is 1180. The van der Waals surface area contributed by atoms with E-state index in [0.29, 0.717) is 45.0 Å². The van der Waals surface area contributed by atoms with Gasteiger partial charge >= 0.3 is 0 Å². The molecule has 7 nitrogen and oxygen atoms in total. The monoisotopic (exact) mass is 365 g/mol. The number of ether oxygens (including phenoxy) is 4. The molecular weight excluding hydrogens is 350 g/mol. The van der Waals surface area contributed by atoms with Gasteiger partial charge in [0, 0.05) is 23.4 Å². The molecule has 0 saturated carbocycles. The summed E-state index contributed by atoms with van der Waals surface area (Å²) in [6.45, 7) is 0.152. The Morgan fingerprint density at radius 2 is 1.70 bits per heavy atom. The zero-order chi connectivity index (χ0) is 18.9. The summed E-state index contributed by atoms with van der Waals surface area (Å²) in [4.78, 5) is 26.5. The summed E-state index contributed by atoms with van der Waals surface area (Å²) >= 11 is 0. The zero-order valence-electron chi connectivity index (χ0n) is 14.9. The van der Waals surface area contributed by atoms with Crippen molar-refractivity contribution in [2.75, 3.05) is 33.0 Å². The average Bonchev–Trinajstić information content (AvgIpc) is 3.14. The van der Waals surface area contributed by atoms with Crippen molar-refractivity contribution in [3.8, 4) is 23.0 Å². The lowest BCUT2D eigenvalue weighted by Crippen LogP contribution is -2.36. The highest BCUT2D eigenvalue weighted by molar-refractivity contribution is 6.52. The first-order valence-corrected chi connectivity index (χ1v) is 8.32. The Balaban J connectivity index is 2.05. The molecule has 27 heavy (non-hydrogen) atoms. The van der Waals surface area contributed by atoms with Crippen molar-refractivity contribution in [3.63, 3.8) is 0 Å². The predicted molar refractivity (Wildman–Crippen MR) is 98.4 cm³/mol. The van der Waals surface area contributed by atoms with Crippen LogP contribution in [0.1, 0.15) is 10.4 Å². The molecule has 0 radical (unpaired) electrons. The second kappa shape index (κ2) is 5.26. The maximum absolute atomic E-state index is 12.7. The van der Waals surface area contributed by atoms with Crippen LogP contribution in [0, 0.1) is 0 Å². The molecule has 0 fully saturated rings. The van der Waals surface area contributed by atoms with Crippen LogP contribution >= 0.6 is 0 Å². The topological polar surface area (TPSA) is 74.3 Å². The number of nitrogens with zero attached hydrogens (tertiary/aromatic N) is 1. The van der Waals surface area contributed by atoms with E-state index in [1.165, 1.54) is 12.0 Å². The molecule has 7 heteroatoms. The highest BCUT2D eigenvalue weighted by Gasteiger charge is 2.34. The van der Waals surface area contributed by atoms with Gasteiger partial charge in [0.25, 0.3) is 11.7 Å². The molecule has 2 heterocycles. The van der Waals surface area contributed by atoms with Crippen molar-refractivity contribution in [3.05, 3.63) is 29.8 Å². The van der Waals surface area contributed by atoms with Gasteiger partial charge in [0.1, 0.15) is 0 Å². The molecule has 0 atom stereocenters. The van der Waals surface area contributed by atoms with Crippen LogP contribution in [0.5, 0.6) is 23.0 Å². The lowest BCUT2D eigenvalue weighted by molar-refractivity contribution is -0.114. The van der Waals surface area contributed by atoms with Gasteiger partial charge in [0.05, 0.1) is 19.9 Å². The van der Waals surface area contributed by atoms with Crippen LogP contribution in [-0.2, 0) is 4.79 Å². The molecule has 5 rings (SSSR count). The van der Waals surface area contributed by atoms with E-state index < -0.39 is 11.7 Å².